The summed E-state index contributed by atoms with van der Waals surface area (Å²) in [5.41, 5.74) is 1.78. The molecule has 6 heteroatoms. The first-order valence-electron chi connectivity index (χ1n) is 9.60. The Hall–Kier alpha value is -2.05. The van der Waals surface area contributed by atoms with Gasteiger partial charge < -0.3 is 9.64 Å². The minimum Gasteiger partial charge on any atom is -0.377 e. The van der Waals surface area contributed by atoms with Gasteiger partial charge in [-0.15, -0.1) is 0 Å². The molecule has 2 aromatic heterocycles. The first-order chi connectivity index (χ1) is 12.8. The smallest absolute Gasteiger partial charge is 0.266 e. The zero-order chi connectivity index (χ0) is 17.8. The average molecular weight is 354 g/mol. The Bertz CT molecular complexity index is 763. The maximum atomic E-state index is 12.2. The topological polar surface area (TPSA) is 60.2 Å². The number of rotatable bonds is 5. The SMILES string of the molecule is O=c1ccc(-c2ccncc2)nn1CC1CCN(CC2CCCO2)CC1. The van der Waals surface area contributed by atoms with Crippen LogP contribution in [0.4, 0.5) is 0 Å². The zero-order valence-corrected chi connectivity index (χ0v) is 15.1. The second-order valence-electron chi connectivity index (χ2n) is 7.35. The molecular weight excluding hydrogens is 328 g/mol. The first-order valence-corrected chi connectivity index (χ1v) is 9.60. The number of likely N-dealkylation sites (tertiary alicyclic amines) is 1. The van der Waals surface area contributed by atoms with Crippen LogP contribution < -0.4 is 5.56 Å². The van der Waals surface area contributed by atoms with E-state index in [0.717, 1.165) is 50.3 Å². The number of hydrogen-bond acceptors (Lipinski definition) is 5. The van der Waals surface area contributed by atoms with Gasteiger partial charge in [0.25, 0.3) is 5.56 Å². The van der Waals surface area contributed by atoms with Crippen LogP contribution in [0.3, 0.4) is 0 Å². The summed E-state index contributed by atoms with van der Waals surface area (Å²) < 4.78 is 7.38. The van der Waals surface area contributed by atoms with Crippen LogP contribution in [0, 0.1) is 5.92 Å². The molecule has 2 saturated heterocycles. The molecule has 26 heavy (non-hydrogen) atoms. The highest BCUT2D eigenvalue weighted by Crippen LogP contribution is 2.21. The normalized spacial score (nSPS) is 21.9. The number of aromatic nitrogens is 3. The van der Waals surface area contributed by atoms with E-state index in [0.29, 0.717) is 18.6 Å². The molecule has 2 fully saturated rings. The molecule has 0 aliphatic carbocycles. The summed E-state index contributed by atoms with van der Waals surface area (Å²) in [6.07, 6.45) is 8.53. The van der Waals surface area contributed by atoms with E-state index in [4.69, 9.17) is 4.74 Å². The van der Waals surface area contributed by atoms with Gasteiger partial charge in [0.1, 0.15) is 0 Å². The van der Waals surface area contributed by atoms with E-state index >= 15 is 0 Å². The Labute approximate surface area is 153 Å². The first kappa shape index (κ1) is 17.4. The van der Waals surface area contributed by atoms with E-state index in [1.165, 1.54) is 12.8 Å². The summed E-state index contributed by atoms with van der Waals surface area (Å²) in [6.45, 7) is 4.85. The molecule has 0 N–H and O–H groups in total. The molecule has 0 amide bonds. The van der Waals surface area contributed by atoms with E-state index in [1.54, 1.807) is 29.2 Å². The standard InChI is InChI=1S/C20H26N4O2/c25-20-4-3-19(17-5-9-21-10-6-17)22-24(20)14-16-7-11-23(12-8-16)15-18-2-1-13-26-18/h3-6,9-10,16,18H,1-2,7-8,11-15H2. The van der Waals surface area contributed by atoms with E-state index in [-0.39, 0.29) is 5.56 Å². The van der Waals surface area contributed by atoms with Crippen molar-refractivity contribution in [2.75, 3.05) is 26.2 Å². The van der Waals surface area contributed by atoms with Crippen LogP contribution in [-0.4, -0.2) is 52.0 Å². The van der Waals surface area contributed by atoms with E-state index in [1.807, 2.05) is 12.1 Å². The fourth-order valence-corrected chi connectivity index (χ4v) is 3.93. The summed E-state index contributed by atoms with van der Waals surface area (Å²) in [7, 11) is 0. The Morgan fingerprint density at radius 3 is 2.58 bits per heavy atom. The van der Waals surface area contributed by atoms with Gasteiger partial charge in [0.05, 0.1) is 11.8 Å². The lowest BCUT2D eigenvalue weighted by Crippen LogP contribution is -2.40. The lowest BCUT2D eigenvalue weighted by Gasteiger charge is -2.33. The Balaban J connectivity index is 1.36. The predicted octanol–water partition coefficient (Wildman–Crippen LogP) is 2.20. The van der Waals surface area contributed by atoms with Gasteiger partial charge in [-0.05, 0) is 62.9 Å². The van der Waals surface area contributed by atoms with E-state index in [9.17, 15) is 4.79 Å². The fourth-order valence-electron chi connectivity index (χ4n) is 3.93. The molecule has 0 aromatic carbocycles. The molecule has 1 unspecified atom stereocenters. The average Bonchev–Trinajstić information content (AvgIpc) is 3.19. The second-order valence-corrected chi connectivity index (χ2v) is 7.35. The molecule has 138 valence electrons. The molecule has 2 aliphatic rings. The van der Waals surface area contributed by atoms with E-state index < -0.39 is 0 Å². The highest BCUT2D eigenvalue weighted by molar-refractivity contribution is 5.56. The Morgan fingerprint density at radius 2 is 1.85 bits per heavy atom. The van der Waals surface area contributed by atoms with Crippen molar-refractivity contribution in [1.82, 2.24) is 19.7 Å². The summed E-state index contributed by atoms with van der Waals surface area (Å²) in [5, 5.41) is 4.58. The van der Waals surface area contributed by atoms with Crippen molar-refractivity contribution in [1.29, 1.82) is 0 Å². The molecule has 6 nitrogen and oxygen atoms in total. The van der Waals surface area contributed by atoms with Gasteiger partial charge in [-0.25, -0.2) is 4.68 Å². The number of ether oxygens (including phenoxy) is 1. The third kappa shape index (κ3) is 4.19. The van der Waals surface area contributed by atoms with Crippen LogP contribution in [0.15, 0.2) is 41.5 Å². The van der Waals surface area contributed by atoms with Crippen molar-refractivity contribution < 1.29 is 4.74 Å². The monoisotopic (exact) mass is 354 g/mol. The van der Waals surface area contributed by atoms with Gasteiger partial charge in [0.15, 0.2) is 0 Å². The van der Waals surface area contributed by atoms with Crippen molar-refractivity contribution in [2.24, 2.45) is 5.92 Å². The lowest BCUT2D eigenvalue weighted by molar-refractivity contribution is 0.0580. The van der Waals surface area contributed by atoms with Gasteiger partial charge in [-0.1, -0.05) is 0 Å². The lowest BCUT2D eigenvalue weighted by atomic mass is 9.96. The predicted molar refractivity (Wildman–Crippen MR) is 99.9 cm³/mol. The molecule has 0 spiro atoms. The van der Waals surface area contributed by atoms with Crippen LogP contribution >= 0.6 is 0 Å². The van der Waals surface area contributed by atoms with Crippen molar-refractivity contribution >= 4 is 0 Å². The highest BCUT2D eigenvalue weighted by Gasteiger charge is 2.24. The number of pyridine rings is 1. The summed E-state index contributed by atoms with van der Waals surface area (Å²) in [4.78, 5) is 18.8. The zero-order valence-electron chi connectivity index (χ0n) is 15.1. The molecule has 2 aromatic rings. The third-order valence-electron chi connectivity index (χ3n) is 5.47. The van der Waals surface area contributed by atoms with Crippen molar-refractivity contribution in [3.8, 4) is 11.3 Å². The quantitative estimate of drug-likeness (QED) is 0.824. The van der Waals surface area contributed by atoms with Crippen molar-refractivity contribution in [2.45, 2.75) is 38.3 Å². The van der Waals surface area contributed by atoms with Gasteiger partial charge >= 0.3 is 0 Å². The molecule has 0 radical (unpaired) electrons. The number of hydrogen-bond donors (Lipinski definition) is 0. The maximum absolute atomic E-state index is 12.2. The van der Waals surface area contributed by atoms with Crippen LogP contribution in [0.2, 0.25) is 0 Å². The summed E-state index contributed by atoms with van der Waals surface area (Å²) in [5.74, 6) is 0.508. The van der Waals surface area contributed by atoms with E-state index in [2.05, 4.69) is 15.0 Å². The summed E-state index contributed by atoms with van der Waals surface area (Å²) in [6, 6.07) is 7.25. The minimum absolute atomic E-state index is 0.0235. The van der Waals surface area contributed by atoms with Crippen LogP contribution in [0.25, 0.3) is 11.3 Å². The van der Waals surface area contributed by atoms with Crippen LogP contribution in [0.1, 0.15) is 25.7 Å². The number of nitrogens with zero attached hydrogens (tertiary/aromatic N) is 4. The number of piperidine rings is 1. The van der Waals surface area contributed by atoms with Gasteiger partial charge in [-0.2, -0.15) is 5.10 Å². The van der Waals surface area contributed by atoms with Gasteiger partial charge in [-0.3, -0.25) is 9.78 Å². The Kier molecular flexibility index (Phi) is 5.41. The minimum atomic E-state index is -0.0235. The molecular formula is C20H26N4O2. The van der Waals surface area contributed by atoms with Crippen molar-refractivity contribution in [3.63, 3.8) is 0 Å². The molecule has 4 heterocycles. The molecule has 0 bridgehead atoms. The fraction of sp³-hybridized carbons (Fsp3) is 0.550. The Morgan fingerprint density at radius 1 is 1.04 bits per heavy atom. The van der Waals surface area contributed by atoms with Crippen LogP contribution in [0.5, 0.6) is 0 Å². The van der Waals surface area contributed by atoms with Gasteiger partial charge in [0, 0.05) is 43.7 Å². The molecule has 4 rings (SSSR count). The molecule has 1 atom stereocenters. The van der Waals surface area contributed by atoms with Gasteiger partial charge in [0.2, 0.25) is 0 Å². The highest BCUT2D eigenvalue weighted by atomic mass is 16.5. The maximum Gasteiger partial charge on any atom is 0.266 e. The third-order valence-corrected chi connectivity index (χ3v) is 5.47. The second kappa shape index (κ2) is 8.10. The largest absolute Gasteiger partial charge is 0.377 e. The molecule has 2 aliphatic heterocycles. The van der Waals surface area contributed by atoms with Crippen LogP contribution in [-0.2, 0) is 11.3 Å². The molecule has 0 saturated carbocycles. The summed E-state index contributed by atoms with van der Waals surface area (Å²) >= 11 is 0. The van der Waals surface area contributed by atoms with Crippen molar-refractivity contribution in [3.05, 3.63) is 47.0 Å².